The molecule has 0 amide bonds. The van der Waals surface area contributed by atoms with Gasteiger partial charge in [-0.3, -0.25) is 9.88 Å². The molecule has 2 rings (SSSR count). The highest BCUT2D eigenvalue weighted by Gasteiger charge is 2.35. The molecule has 1 heterocycles. The molecule has 1 fully saturated rings. The topological polar surface area (TPSA) is 25.4 Å². The van der Waals surface area contributed by atoms with Gasteiger partial charge in [-0.05, 0) is 48.9 Å². The van der Waals surface area contributed by atoms with Crippen molar-refractivity contribution in [1.82, 2.24) is 9.88 Å². The Hall–Kier alpha value is -0.713. The fourth-order valence-electron chi connectivity index (χ4n) is 3.37. The Kier molecular flexibility index (Phi) is 6.40. The Balaban J connectivity index is 2.02. The highest BCUT2D eigenvalue weighted by Crippen LogP contribution is 2.33. The molecule has 0 bridgehead atoms. The van der Waals surface area contributed by atoms with Crippen LogP contribution in [0.1, 0.15) is 46.1 Å². The first-order valence-corrected chi connectivity index (χ1v) is 11.3. The molecule has 1 aliphatic rings. The quantitative estimate of drug-likeness (QED) is 0.661. The van der Waals surface area contributed by atoms with E-state index in [2.05, 4.69) is 56.7 Å². The summed E-state index contributed by atoms with van der Waals surface area (Å²) in [4.78, 5) is 6.90. The summed E-state index contributed by atoms with van der Waals surface area (Å²) in [7, 11) is -0.687. The van der Waals surface area contributed by atoms with Gasteiger partial charge in [0, 0.05) is 31.5 Å². The molecule has 1 aromatic heterocycles. The van der Waals surface area contributed by atoms with E-state index in [1.165, 1.54) is 18.4 Å². The van der Waals surface area contributed by atoms with Crippen molar-refractivity contribution in [2.75, 3.05) is 6.54 Å². The van der Waals surface area contributed by atoms with Crippen LogP contribution in [0.3, 0.4) is 0 Å². The van der Waals surface area contributed by atoms with Crippen LogP contribution >= 0.6 is 0 Å². The lowest BCUT2D eigenvalue weighted by Gasteiger charge is -2.39. The summed E-state index contributed by atoms with van der Waals surface area (Å²) < 4.78 is 6.39. The molecular weight excluding hydrogens is 300 g/mol. The predicted molar refractivity (Wildman–Crippen MR) is 98.6 cm³/mol. The fourth-order valence-corrected chi connectivity index (χ4v) is 4.47. The van der Waals surface area contributed by atoms with E-state index in [9.17, 15) is 0 Å². The van der Waals surface area contributed by atoms with Crippen LogP contribution in [0.5, 0.6) is 0 Å². The van der Waals surface area contributed by atoms with E-state index in [-0.39, 0.29) is 5.41 Å². The molecule has 1 saturated carbocycles. The van der Waals surface area contributed by atoms with Gasteiger partial charge in [0.1, 0.15) is 0 Å². The van der Waals surface area contributed by atoms with Crippen LogP contribution in [-0.4, -0.2) is 37.6 Å². The van der Waals surface area contributed by atoms with Gasteiger partial charge >= 0.3 is 0 Å². The second kappa shape index (κ2) is 7.91. The van der Waals surface area contributed by atoms with Crippen molar-refractivity contribution < 1.29 is 4.43 Å². The molecule has 1 aromatic rings. The van der Waals surface area contributed by atoms with Crippen LogP contribution in [0, 0.1) is 11.3 Å². The van der Waals surface area contributed by atoms with Gasteiger partial charge < -0.3 is 4.43 Å². The highest BCUT2D eigenvalue weighted by atomic mass is 28.3. The Bertz CT molecular complexity index is 468. The number of aromatic nitrogens is 1. The van der Waals surface area contributed by atoms with Crippen molar-refractivity contribution in [2.24, 2.45) is 11.3 Å². The number of rotatable bonds is 8. The Morgan fingerprint density at radius 1 is 1.35 bits per heavy atom. The van der Waals surface area contributed by atoms with Crippen LogP contribution in [-0.2, 0) is 11.0 Å². The van der Waals surface area contributed by atoms with E-state index >= 15 is 0 Å². The molecule has 0 aromatic carbocycles. The zero-order chi connectivity index (χ0) is 17.0. The third kappa shape index (κ3) is 6.01. The second-order valence-corrected chi connectivity index (χ2v) is 10.4. The average molecular weight is 334 g/mol. The molecule has 0 N–H and O–H groups in total. The SMILES string of the molecule is CC(CN(Cc1cccnc1)C1CC1)C(O[Si](C)C)C(C)(C)C. The van der Waals surface area contributed by atoms with E-state index in [1.807, 2.05) is 18.5 Å². The lowest BCUT2D eigenvalue weighted by atomic mass is 9.82. The Morgan fingerprint density at radius 2 is 2.04 bits per heavy atom. The minimum absolute atomic E-state index is 0.185. The number of hydrogen-bond acceptors (Lipinski definition) is 3. The molecule has 0 saturated heterocycles. The van der Waals surface area contributed by atoms with Crippen LogP contribution in [0.2, 0.25) is 13.1 Å². The molecule has 129 valence electrons. The molecule has 1 aliphatic carbocycles. The summed E-state index contributed by atoms with van der Waals surface area (Å²) >= 11 is 0. The maximum atomic E-state index is 6.39. The fraction of sp³-hybridized carbons (Fsp3) is 0.737. The largest absolute Gasteiger partial charge is 0.413 e. The number of nitrogens with zero attached hydrogens (tertiary/aromatic N) is 2. The molecule has 4 heteroatoms. The molecular formula is C19H33N2OSi. The lowest BCUT2D eigenvalue weighted by Crippen LogP contribution is -2.43. The summed E-state index contributed by atoms with van der Waals surface area (Å²) in [5.41, 5.74) is 1.50. The van der Waals surface area contributed by atoms with Crippen molar-refractivity contribution in [3.63, 3.8) is 0 Å². The van der Waals surface area contributed by atoms with E-state index in [4.69, 9.17) is 4.43 Å². The third-order valence-electron chi connectivity index (χ3n) is 4.43. The van der Waals surface area contributed by atoms with Gasteiger partial charge in [0.15, 0.2) is 0 Å². The van der Waals surface area contributed by atoms with Gasteiger partial charge in [0.05, 0.1) is 6.10 Å². The Morgan fingerprint density at radius 3 is 2.52 bits per heavy atom. The third-order valence-corrected chi connectivity index (χ3v) is 5.15. The monoisotopic (exact) mass is 333 g/mol. The van der Waals surface area contributed by atoms with Gasteiger partial charge in [0.2, 0.25) is 9.04 Å². The van der Waals surface area contributed by atoms with Gasteiger partial charge in [-0.2, -0.15) is 0 Å². The summed E-state index contributed by atoms with van der Waals surface area (Å²) in [5, 5.41) is 0. The maximum absolute atomic E-state index is 6.39. The van der Waals surface area contributed by atoms with Crippen molar-refractivity contribution in [2.45, 2.75) is 72.3 Å². The summed E-state index contributed by atoms with van der Waals surface area (Å²) in [5.74, 6) is 0.534. The summed E-state index contributed by atoms with van der Waals surface area (Å²) in [6, 6.07) is 4.98. The van der Waals surface area contributed by atoms with E-state index in [0.717, 1.165) is 19.1 Å². The molecule has 3 nitrogen and oxygen atoms in total. The van der Waals surface area contributed by atoms with Crippen LogP contribution < -0.4 is 0 Å². The maximum Gasteiger partial charge on any atom is 0.205 e. The van der Waals surface area contributed by atoms with Gasteiger partial charge in [-0.25, -0.2) is 0 Å². The number of hydrogen-bond donors (Lipinski definition) is 0. The molecule has 0 spiro atoms. The lowest BCUT2D eigenvalue weighted by molar-refractivity contribution is 0.0217. The first kappa shape index (κ1) is 18.6. The molecule has 2 atom stereocenters. The van der Waals surface area contributed by atoms with Crippen LogP contribution in [0.4, 0.5) is 0 Å². The Labute approximate surface area is 144 Å². The van der Waals surface area contributed by atoms with Gasteiger partial charge in [-0.1, -0.05) is 33.8 Å². The van der Waals surface area contributed by atoms with Crippen molar-refractivity contribution in [3.8, 4) is 0 Å². The van der Waals surface area contributed by atoms with Crippen molar-refractivity contribution in [3.05, 3.63) is 30.1 Å². The minimum Gasteiger partial charge on any atom is -0.413 e. The standard InChI is InChI=1S/C19H33N2OSi/c1-15(18(19(2,3)4)22-23(5)6)13-21(17-9-10-17)14-16-8-7-11-20-12-16/h7-8,11-12,15,17-18H,9-10,13-14H2,1-6H3. The van der Waals surface area contributed by atoms with E-state index in [1.54, 1.807) is 0 Å². The van der Waals surface area contributed by atoms with Gasteiger partial charge in [-0.15, -0.1) is 0 Å². The first-order valence-electron chi connectivity index (χ1n) is 8.87. The molecule has 1 radical (unpaired) electrons. The van der Waals surface area contributed by atoms with Crippen molar-refractivity contribution in [1.29, 1.82) is 0 Å². The zero-order valence-corrected chi connectivity index (χ0v) is 16.7. The van der Waals surface area contributed by atoms with E-state index < -0.39 is 9.04 Å². The number of pyridine rings is 1. The first-order chi connectivity index (χ1) is 10.8. The summed E-state index contributed by atoms with van der Waals surface area (Å²) in [6.45, 7) is 15.9. The molecule has 0 aliphatic heterocycles. The molecule has 23 heavy (non-hydrogen) atoms. The predicted octanol–water partition coefficient (Wildman–Crippen LogP) is 4.36. The minimum atomic E-state index is -0.687. The highest BCUT2D eigenvalue weighted by molar-refractivity contribution is 6.48. The normalized spacial score (nSPS) is 18.4. The molecule has 2 unspecified atom stereocenters. The van der Waals surface area contributed by atoms with Crippen molar-refractivity contribution >= 4 is 9.04 Å². The summed E-state index contributed by atoms with van der Waals surface area (Å²) in [6.07, 6.45) is 6.84. The zero-order valence-electron chi connectivity index (χ0n) is 15.7. The second-order valence-electron chi connectivity index (χ2n) is 8.31. The van der Waals surface area contributed by atoms with Crippen LogP contribution in [0.25, 0.3) is 0 Å². The van der Waals surface area contributed by atoms with E-state index in [0.29, 0.717) is 12.0 Å². The van der Waals surface area contributed by atoms with Gasteiger partial charge in [0.25, 0.3) is 0 Å². The average Bonchev–Trinajstić information content (AvgIpc) is 3.28. The van der Waals surface area contributed by atoms with Crippen LogP contribution in [0.15, 0.2) is 24.5 Å². The smallest absolute Gasteiger partial charge is 0.205 e.